The summed E-state index contributed by atoms with van der Waals surface area (Å²) in [6.07, 6.45) is 0.931. The molecule has 8 heteroatoms. The fourth-order valence-electron chi connectivity index (χ4n) is 3.61. The zero-order valence-corrected chi connectivity index (χ0v) is 14.6. The largest absolute Gasteiger partial charge is 0.312 e. The van der Waals surface area contributed by atoms with E-state index in [0.29, 0.717) is 24.0 Å². The van der Waals surface area contributed by atoms with Crippen LogP contribution in [0, 0.1) is 5.92 Å². The van der Waals surface area contributed by atoms with Gasteiger partial charge in [-0.05, 0) is 30.5 Å². The summed E-state index contributed by atoms with van der Waals surface area (Å²) in [7, 11) is -3.52. The monoisotopic (exact) mass is 370 g/mol. The summed E-state index contributed by atoms with van der Waals surface area (Å²) in [4.78, 5) is 12.0. The second-order valence-electron chi connectivity index (χ2n) is 6.08. The minimum Gasteiger partial charge on any atom is -0.312 e. The Morgan fingerprint density at radius 2 is 1.96 bits per heavy atom. The lowest BCUT2D eigenvalue weighted by atomic mass is 9.84. The Morgan fingerprint density at radius 3 is 2.70 bits per heavy atom. The van der Waals surface area contributed by atoms with E-state index in [-0.39, 0.29) is 21.6 Å². The molecular weight excluding hydrogens is 356 g/mol. The van der Waals surface area contributed by atoms with Crippen LogP contribution in [0.1, 0.15) is 18.0 Å². The van der Waals surface area contributed by atoms with Crippen LogP contribution in [0.25, 0.3) is 0 Å². The number of thiophene rings is 1. The lowest BCUT2D eigenvalue weighted by Crippen LogP contribution is -2.48. The normalized spacial score (nSPS) is 24.4. The quantitative estimate of drug-likeness (QED) is 0.815. The molecule has 4 rings (SSSR count). The molecule has 0 N–H and O–H groups in total. The van der Waals surface area contributed by atoms with Crippen LogP contribution in [0.15, 0.2) is 39.3 Å². The summed E-state index contributed by atoms with van der Waals surface area (Å²) in [6, 6.07) is 8.41. The zero-order chi connectivity index (χ0) is 16.2. The van der Waals surface area contributed by atoms with Crippen LogP contribution in [0.2, 0.25) is 4.34 Å². The van der Waals surface area contributed by atoms with Crippen LogP contribution < -0.4 is 5.56 Å². The molecule has 0 radical (unpaired) electrons. The smallest absolute Gasteiger partial charge is 0.252 e. The highest BCUT2D eigenvalue weighted by atomic mass is 35.5. The Bertz CT molecular complexity index is 919. The van der Waals surface area contributed by atoms with Gasteiger partial charge in [0.25, 0.3) is 15.6 Å². The van der Waals surface area contributed by atoms with Gasteiger partial charge in [0.2, 0.25) is 0 Å². The summed E-state index contributed by atoms with van der Waals surface area (Å²) < 4.78 is 29.7. The number of rotatable bonds is 2. The van der Waals surface area contributed by atoms with Crippen LogP contribution >= 0.6 is 22.9 Å². The number of halogens is 1. The van der Waals surface area contributed by atoms with Crippen LogP contribution in [0.4, 0.5) is 0 Å². The van der Waals surface area contributed by atoms with Gasteiger partial charge in [0, 0.05) is 37.3 Å². The standard InChI is InChI=1S/C15H15ClN2O3S2/c16-13-4-5-15(22-13)23(20,21)17-7-10-6-11(9-17)12-2-1-3-14(19)18(12)8-10/h1-5,10-11H,6-9H2. The number of pyridine rings is 1. The number of hydrogen-bond donors (Lipinski definition) is 0. The Morgan fingerprint density at radius 1 is 1.13 bits per heavy atom. The Kier molecular flexibility index (Phi) is 3.64. The highest BCUT2D eigenvalue weighted by Crippen LogP contribution is 2.38. The predicted octanol–water partition coefficient (Wildman–Crippen LogP) is 2.37. The molecule has 2 bridgehead atoms. The first kappa shape index (κ1) is 15.4. The summed E-state index contributed by atoms with van der Waals surface area (Å²) in [6.45, 7) is 1.45. The number of sulfonamides is 1. The van der Waals surface area contributed by atoms with Crippen molar-refractivity contribution in [2.75, 3.05) is 13.1 Å². The molecule has 0 amide bonds. The van der Waals surface area contributed by atoms with E-state index in [4.69, 9.17) is 11.6 Å². The number of aromatic nitrogens is 1. The van der Waals surface area contributed by atoms with Gasteiger partial charge in [-0.15, -0.1) is 11.3 Å². The van der Waals surface area contributed by atoms with E-state index >= 15 is 0 Å². The molecule has 0 saturated carbocycles. The third-order valence-corrected chi connectivity index (χ3v) is 8.12. The van der Waals surface area contributed by atoms with Crippen molar-refractivity contribution < 1.29 is 8.42 Å². The molecule has 1 fully saturated rings. The molecule has 122 valence electrons. The first-order valence-electron chi connectivity index (χ1n) is 7.40. The van der Waals surface area contributed by atoms with Gasteiger partial charge in [0.05, 0.1) is 4.34 Å². The molecule has 5 nitrogen and oxygen atoms in total. The van der Waals surface area contributed by atoms with Gasteiger partial charge in [-0.1, -0.05) is 17.7 Å². The van der Waals surface area contributed by atoms with Crippen LogP contribution in [-0.2, 0) is 16.6 Å². The van der Waals surface area contributed by atoms with Crippen molar-refractivity contribution in [2.24, 2.45) is 5.92 Å². The molecule has 2 aromatic heterocycles. The topological polar surface area (TPSA) is 59.4 Å². The van der Waals surface area contributed by atoms with Crippen LogP contribution in [-0.4, -0.2) is 30.4 Å². The van der Waals surface area contributed by atoms with Crippen molar-refractivity contribution in [3.05, 3.63) is 50.7 Å². The van der Waals surface area contributed by atoms with Gasteiger partial charge < -0.3 is 4.57 Å². The van der Waals surface area contributed by atoms with E-state index in [1.807, 2.05) is 6.07 Å². The van der Waals surface area contributed by atoms with Gasteiger partial charge in [0.1, 0.15) is 4.21 Å². The molecule has 0 spiro atoms. The molecule has 0 aromatic carbocycles. The van der Waals surface area contributed by atoms with Crippen LogP contribution in [0.5, 0.6) is 0 Å². The molecule has 0 aliphatic carbocycles. The molecule has 2 unspecified atom stereocenters. The van der Waals surface area contributed by atoms with Gasteiger partial charge in [-0.25, -0.2) is 8.42 Å². The third-order valence-electron chi connectivity index (χ3n) is 4.59. The van der Waals surface area contributed by atoms with Gasteiger partial charge in [-0.3, -0.25) is 4.79 Å². The molecular formula is C15H15ClN2O3S2. The average Bonchev–Trinajstić information content (AvgIpc) is 2.96. The first-order valence-corrected chi connectivity index (χ1v) is 10.0. The Labute approximate surface area is 143 Å². The van der Waals surface area contributed by atoms with Gasteiger partial charge in [-0.2, -0.15) is 4.31 Å². The summed E-state index contributed by atoms with van der Waals surface area (Å²) in [5.74, 6) is 0.244. The minimum atomic E-state index is -3.52. The van der Waals surface area contributed by atoms with Crippen molar-refractivity contribution in [1.82, 2.24) is 8.87 Å². The number of piperidine rings is 1. The average molecular weight is 371 g/mol. The number of nitrogens with zero attached hydrogens (tertiary/aromatic N) is 2. The van der Waals surface area contributed by atoms with E-state index in [9.17, 15) is 13.2 Å². The zero-order valence-electron chi connectivity index (χ0n) is 12.2. The lowest BCUT2D eigenvalue weighted by molar-refractivity contribution is 0.186. The Balaban J connectivity index is 1.70. The predicted molar refractivity (Wildman–Crippen MR) is 89.6 cm³/mol. The molecule has 4 heterocycles. The number of fused-ring (bicyclic) bond motifs is 4. The molecule has 2 aromatic rings. The minimum absolute atomic E-state index is 0.00135. The van der Waals surface area contributed by atoms with Crippen molar-refractivity contribution in [3.63, 3.8) is 0 Å². The second-order valence-corrected chi connectivity index (χ2v) is 9.96. The van der Waals surface area contributed by atoms with E-state index in [2.05, 4.69) is 0 Å². The summed E-state index contributed by atoms with van der Waals surface area (Å²) >= 11 is 6.97. The van der Waals surface area contributed by atoms with E-state index in [1.54, 1.807) is 33.1 Å². The van der Waals surface area contributed by atoms with Crippen molar-refractivity contribution in [2.45, 2.75) is 23.1 Å². The van der Waals surface area contributed by atoms with Gasteiger partial charge >= 0.3 is 0 Å². The van der Waals surface area contributed by atoms with E-state index in [1.165, 1.54) is 0 Å². The Hall–Kier alpha value is -1.15. The van der Waals surface area contributed by atoms with Gasteiger partial charge in [0.15, 0.2) is 0 Å². The maximum Gasteiger partial charge on any atom is 0.252 e. The maximum absolute atomic E-state index is 12.8. The fraction of sp³-hybridized carbons (Fsp3) is 0.400. The molecule has 2 aliphatic heterocycles. The third kappa shape index (κ3) is 2.55. The van der Waals surface area contributed by atoms with Crippen molar-refractivity contribution in [3.8, 4) is 0 Å². The number of hydrogen-bond acceptors (Lipinski definition) is 4. The molecule has 1 saturated heterocycles. The van der Waals surface area contributed by atoms with Crippen LogP contribution in [0.3, 0.4) is 0 Å². The summed E-state index contributed by atoms with van der Waals surface area (Å²) in [5.41, 5.74) is 0.941. The summed E-state index contributed by atoms with van der Waals surface area (Å²) in [5, 5.41) is 0. The van der Waals surface area contributed by atoms with E-state index in [0.717, 1.165) is 23.5 Å². The fourth-order valence-corrected chi connectivity index (χ4v) is 6.81. The van der Waals surface area contributed by atoms with Crippen molar-refractivity contribution >= 4 is 33.0 Å². The highest BCUT2D eigenvalue weighted by molar-refractivity contribution is 7.91. The first-order chi connectivity index (χ1) is 10.9. The SMILES string of the molecule is O=c1cccc2n1CC1CC2CN(S(=O)(=O)c2ccc(Cl)s2)C1. The van der Waals surface area contributed by atoms with E-state index < -0.39 is 10.0 Å². The maximum atomic E-state index is 12.8. The molecule has 2 aliphatic rings. The molecule has 23 heavy (non-hydrogen) atoms. The lowest BCUT2D eigenvalue weighted by Gasteiger charge is -2.41. The second kappa shape index (κ2) is 5.44. The highest BCUT2D eigenvalue weighted by Gasteiger charge is 2.39. The van der Waals surface area contributed by atoms with Crippen molar-refractivity contribution in [1.29, 1.82) is 0 Å². The molecule has 2 atom stereocenters.